The van der Waals surface area contributed by atoms with E-state index < -0.39 is 0 Å². The Bertz CT molecular complexity index is 312. The fourth-order valence-corrected chi connectivity index (χ4v) is 1.76. The largest absolute Gasteiger partial charge is 0.493 e. The molecular formula is C9H10ClNO. The number of hydrogen-bond donors (Lipinski definition) is 1. The Morgan fingerprint density at radius 3 is 3.08 bits per heavy atom. The minimum absolute atomic E-state index is 0.672. The van der Waals surface area contributed by atoms with E-state index in [1.165, 1.54) is 5.56 Å². The van der Waals surface area contributed by atoms with Crippen LogP contribution in [0.15, 0.2) is 12.1 Å². The monoisotopic (exact) mass is 183 g/mol. The van der Waals surface area contributed by atoms with Crippen molar-refractivity contribution in [1.29, 1.82) is 0 Å². The number of benzene rings is 1. The molecule has 0 saturated carbocycles. The van der Waals surface area contributed by atoms with Crippen LogP contribution in [0.4, 0.5) is 5.69 Å². The number of hydrogen-bond acceptors (Lipinski definition) is 2. The van der Waals surface area contributed by atoms with Gasteiger partial charge in [0.1, 0.15) is 0 Å². The van der Waals surface area contributed by atoms with E-state index in [4.69, 9.17) is 16.3 Å². The molecule has 1 aromatic carbocycles. The number of ether oxygens (including phenoxy) is 1. The third-order valence-corrected chi connectivity index (χ3v) is 2.39. The van der Waals surface area contributed by atoms with E-state index in [0.717, 1.165) is 24.4 Å². The molecule has 0 saturated heterocycles. The van der Waals surface area contributed by atoms with Crippen molar-refractivity contribution in [3.63, 3.8) is 0 Å². The van der Waals surface area contributed by atoms with Crippen LogP contribution in [0, 0.1) is 0 Å². The van der Waals surface area contributed by atoms with E-state index in [1.807, 2.05) is 12.1 Å². The molecule has 3 heteroatoms. The maximum Gasteiger partial charge on any atom is 0.160 e. The highest BCUT2D eigenvalue weighted by molar-refractivity contribution is 6.32. The van der Waals surface area contributed by atoms with E-state index in [-0.39, 0.29) is 0 Å². The summed E-state index contributed by atoms with van der Waals surface area (Å²) in [5, 5.41) is 3.92. The number of anilines is 1. The molecule has 0 amide bonds. The van der Waals surface area contributed by atoms with Crippen LogP contribution < -0.4 is 10.1 Å². The third-order valence-electron chi connectivity index (χ3n) is 2.10. The van der Waals surface area contributed by atoms with Gasteiger partial charge < -0.3 is 10.1 Å². The zero-order valence-corrected chi connectivity index (χ0v) is 7.61. The van der Waals surface area contributed by atoms with Crippen molar-refractivity contribution in [2.24, 2.45) is 0 Å². The maximum atomic E-state index is 5.94. The van der Waals surface area contributed by atoms with Crippen molar-refractivity contribution < 1.29 is 4.74 Å². The Morgan fingerprint density at radius 2 is 2.33 bits per heavy atom. The SMILES string of the molecule is COc1c(Cl)ccc2c1NCC2. The van der Waals surface area contributed by atoms with Gasteiger partial charge in [0.15, 0.2) is 5.75 Å². The van der Waals surface area contributed by atoms with Crippen molar-refractivity contribution >= 4 is 17.3 Å². The summed E-state index contributed by atoms with van der Waals surface area (Å²) in [6.07, 6.45) is 1.06. The first-order valence-corrected chi connectivity index (χ1v) is 4.30. The predicted molar refractivity (Wildman–Crippen MR) is 50.2 cm³/mol. The van der Waals surface area contributed by atoms with Gasteiger partial charge in [-0.3, -0.25) is 0 Å². The summed E-state index contributed by atoms with van der Waals surface area (Å²) in [6.45, 7) is 0.978. The summed E-state index contributed by atoms with van der Waals surface area (Å²) >= 11 is 5.94. The van der Waals surface area contributed by atoms with Gasteiger partial charge in [-0.15, -0.1) is 0 Å². The van der Waals surface area contributed by atoms with Gasteiger partial charge >= 0.3 is 0 Å². The normalized spacial score (nSPS) is 13.8. The number of rotatable bonds is 1. The first-order valence-electron chi connectivity index (χ1n) is 3.92. The van der Waals surface area contributed by atoms with Crippen LogP contribution in [-0.4, -0.2) is 13.7 Å². The first kappa shape index (κ1) is 7.74. The lowest BCUT2D eigenvalue weighted by atomic mass is 10.1. The Labute approximate surface area is 76.5 Å². The van der Waals surface area contributed by atoms with Crippen molar-refractivity contribution in [3.8, 4) is 5.75 Å². The lowest BCUT2D eigenvalue weighted by Gasteiger charge is -2.08. The Kier molecular flexibility index (Phi) is 1.85. The molecule has 0 aliphatic carbocycles. The topological polar surface area (TPSA) is 21.3 Å². The molecule has 0 radical (unpaired) electrons. The molecule has 2 rings (SSSR count). The molecule has 2 nitrogen and oxygen atoms in total. The molecule has 1 aliphatic heterocycles. The fourth-order valence-electron chi connectivity index (χ4n) is 1.52. The molecule has 12 heavy (non-hydrogen) atoms. The van der Waals surface area contributed by atoms with E-state index in [1.54, 1.807) is 7.11 Å². The quantitative estimate of drug-likeness (QED) is 0.722. The second kappa shape index (κ2) is 2.87. The van der Waals surface area contributed by atoms with Crippen LogP contribution in [-0.2, 0) is 6.42 Å². The summed E-state index contributed by atoms with van der Waals surface area (Å²) in [6, 6.07) is 3.92. The average Bonchev–Trinajstić information content (AvgIpc) is 2.52. The summed E-state index contributed by atoms with van der Waals surface area (Å²) in [7, 11) is 1.64. The summed E-state index contributed by atoms with van der Waals surface area (Å²) in [4.78, 5) is 0. The molecule has 1 N–H and O–H groups in total. The summed E-state index contributed by atoms with van der Waals surface area (Å²) in [5.74, 6) is 0.770. The van der Waals surface area contributed by atoms with Crippen molar-refractivity contribution in [3.05, 3.63) is 22.7 Å². The molecule has 0 fully saturated rings. The second-order valence-electron chi connectivity index (χ2n) is 2.79. The Balaban J connectivity index is 2.57. The molecule has 1 heterocycles. The van der Waals surface area contributed by atoms with Crippen LogP contribution in [0.1, 0.15) is 5.56 Å². The van der Waals surface area contributed by atoms with Crippen LogP contribution in [0.3, 0.4) is 0 Å². The van der Waals surface area contributed by atoms with Gasteiger partial charge in [-0.1, -0.05) is 17.7 Å². The van der Waals surface area contributed by atoms with Crippen molar-refractivity contribution in [2.75, 3.05) is 19.0 Å². The number of halogens is 1. The Hall–Kier alpha value is -0.890. The van der Waals surface area contributed by atoms with Crippen LogP contribution in [0.2, 0.25) is 5.02 Å². The van der Waals surface area contributed by atoms with Gasteiger partial charge in [-0.05, 0) is 18.1 Å². The zero-order valence-electron chi connectivity index (χ0n) is 6.86. The van der Waals surface area contributed by atoms with Gasteiger partial charge in [0.2, 0.25) is 0 Å². The predicted octanol–water partition coefficient (Wildman–Crippen LogP) is 2.32. The standard InChI is InChI=1S/C9H10ClNO/c1-12-9-7(10)3-2-6-4-5-11-8(6)9/h2-3,11H,4-5H2,1H3. The number of methoxy groups -OCH3 is 1. The molecule has 0 bridgehead atoms. The summed E-state index contributed by atoms with van der Waals surface area (Å²) in [5.41, 5.74) is 2.35. The van der Waals surface area contributed by atoms with Gasteiger partial charge in [-0.2, -0.15) is 0 Å². The molecule has 1 aromatic rings. The molecule has 0 unspecified atom stereocenters. The third kappa shape index (κ3) is 1.03. The fraction of sp³-hybridized carbons (Fsp3) is 0.333. The van der Waals surface area contributed by atoms with Crippen molar-refractivity contribution in [1.82, 2.24) is 0 Å². The van der Waals surface area contributed by atoms with Gasteiger partial charge in [-0.25, -0.2) is 0 Å². The highest BCUT2D eigenvalue weighted by atomic mass is 35.5. The zero-order chi connectivity index (χ0) is 8.55. The number of nitrogens with one attached hydrogen (secondary N) is 1. The van der Waals surface area contributed by atoms with Crippen LogP contribution in [0.5, 0.6) is 5.75 Å². The highest BCUT2D eigenvalue weighted by Gasteiger charge is 2.16. The Morgan fingerprint density at radius 1 is 1.50 bits per heavy atom. The summed E-state index contributed by atoms with van der Waals surface area (Å²) < 4.78 is 5.19. The van der Waals surface area contributed by atoms with Gasteiger partial charge in [0.05, 0.1) is 17.8 Å². The minimum atomic E-state index is 0.672. The molecule has 0 atom stereocenters. The van der Waals surface area contributed by atoms with E-state index in [2.05, 4.69) is 5.32 Å². The maximum absolute atomic E-state index is 5.94. The van der Waals surface area contributed by atoms with E-state index in [0.29, 0.717) is 5.02 Å². The molecule has 0 spiro atoms. The molecule has 1 aliphatic rings. The van der Waals surface area contributed by atoms with Crippen molar-refractivity contribution in [2.45, 2.75) is 6.42 Å². The molecule has 0 aromatic heterocycles. The highest BCUT2D eigenvalue weighted by Crippen LogP contribution is 2.38. The second-order valence-corrected chi connectivity index (χ2v) is 3.20. The van der Waals surface area contributed by atoms with E-state index in [9.17, 15) is 0 Å². The number of fused-ring (bicyclic) bond motifs is 1. The average molecular weight is 184 g/mol. The van der Waals surface area contributed by atoms with Gasteiger partial charge in [0.25, 0.3) is 0 Å². The first-order chi connectivity index (χ1) is 5.83. The smallest absolute Gasteiger partial charge is 0.160 e. The minimum Gasteiger partial charge on any atom is -0.493 e. The van der Waals surface area contributed by atoms with Crippen LogP contribution in [0.25, 0.3) is 0 Å². The molecule has 64 valence electrons. The lowest BCUT2D eigenvalue weighted by molar-refractivity contribution is 0.417. The lowest BCUT2D eigenvalue weighted by Crippen LogP contribution is -1.94. The molecular weight excluding hydrogens is 174 g/mol. The van der Waals surface area contributed by atoms with Gasteiger partial charge in [0, 0.05) is 6.54 Å². The van der Waals surface area contributed by atoms with E-state index >= 15 is 0 Å². The van der Waals surface area contributed by atoms with Crippen LogP contribution >= 0.6 is 11.6 Å².